The van der Waals surface area contributed by atoms with Gasteiger partial charge in [0.1, 0.15) is 11.7 Å². The number of amides is 4. The van der Waals surface area contributed by atoms with E-state index in [4.69, 9.17) is 0 Å². The maximum Gasteiger partial charge on any atom is 0.270 e. The van der Waals surface area contributed by atoms with Crippen molar-refractivity contribution in [1.82, 2.24) is 30.2 Å². The van der Waals surface area contributed by atoms with Crippen molar-refractivity contribution in [2.45, 2.75) is 70.9 Å². The molecule has 0 radical (unpaired) electrons. The molecule has 2 atom stereocenters. The van der Waals surface area contributed by atoms with Crippen LogP contribution in [0.4, 0.5) is 5.69 Å². The zero-order valence-corrected chi connectivity index (χ0v) is 28.8. The molecule has 2 heterocycles. The lowest BCUT2D eigenvalue weighted by atomic mass is 9.83. The summed E-state index contributed by atoms with van der Waals surface area (Å²) in [7, 11) is 3.80. The van der Waals surface area contributed by atoms with Gasteiger partial charge in [0, 0.05) is 51.0 Å². The summed E-state index contributed by atoms with van der Waals surface area (Å²) in [5.74, 6) is -0.333. The van der Waals surface area contributed by atoms with Gasteiger partial charge in [-0.05, 0) is 62.9 Å². The molecule has 5 rings (SSSR count). The minimum absolute atomic E-state index is 0.0100. The zero-order chi connectivity index (χ0) is 34.5. The Bertz CT molecular complexity index is 1480. The molecule has 2 aromatic carbocycles. The number of benzene rings is 2. The second-order valence-corrected chi connectivity index (χ2v) is 12.9. The molecule has 0 bridgehead atoms. The lowest BCUT2D eigenvalue weighted by molar-refractivity contribution is -0.136. The second kappa shape index (κ2) is 18.1. The van der Waals surface area contributed by atoms with E-state index in [2.05, 4.69) is 45.1 Å². The molecule has 1 unspecified atom stereocenters. The number of rotatable bonds is 10. The summed E-state index contributed by atoms with van der Waals surface area (Å²) in [5, 5.41) is 12.6. The Kier molecular flexibility index (Phi) is 13.7. The highest BCUT2D eigenvalue weighted by atomic mass is 16.2. The number of aryl methyl sites for hydroxylation is 2. The fourth-order valence-electron chi connectivity index (χ4n) is 6.33. The monoisotopic (exact) mass is 657 g/mol. The standard InChI is InChI=1S/C20H26N4O2.C17H25N3O2/c1-14-8-10-16(11-9-14)22-20(26)18(15-6-4-3-5-7-15)23-19(25)17-12-13-21-24(17)2;1-3-16(21)18-12-17(22)20-10-9-19(2)13-15(20)11-14-7-5-4-6-8-14/h8-13,15,18H,3-7H2,1-2H3,(H,22,26)(H,23,25);4-8,15H,3,9-13H2,1-2H3,(H,18,21)/t;15-/m.1/s1. The first-order valence-corrected chi connectivity index (χ1v) is 17.1. The van der Waals surface area contributed by atoms with E-state index in [0.29, 0.717) is 12.1 Å². The Labute approximate surface area is 284 Å². The van der Waals surface area contributed by atoms with Crippen molar-refractivity contribution in [1.29, 1.82) is 0 Å². The predicted octanol–water partition coefficient (Wildman–Crippen LogP) is 3.94. The first-order chi connectivity index (χ1) is 23.1. The molecule has 4 amide bonds. The number of hydrogen-bond acceptors (Lipinski definition) is 6. The quantitative estimate of drug-likeness (QED) is 0.303. The van der Waals surface area contributed by atoms with Crippen LogP contribution in [0.2, 0.25) is 0 Å². The van der Waals surface area contributed by atoms with E-state index in [0.717, 1.165) is 63.0 Å². The lowest BCUT2D eigenvalue weighted by Crippen LogP contribution is -2.56. The summed E-state index contributed by atoms with van der Waals surface area (Å²) in [5.41, 5.74) is 3.57. The smallest absolute Gasteiger partial charge is 0.270 e. The molecule has 0 spiro atoms. The van der Waals surface area contributed by atoms with Gasteiger partial charge in [-0.15, -0.1) is 0 Å². The van der Waals surface area contributed by atoms with Gasteiger partial charge in [0.25, 0.3) is 5.91 Å². The van der Waals surface area contributed by atoms with Crippen molar-refractivity contribution in [3.63, 3.8) is 0 Å². The third-order valence-corrected chi connectivity index (χ3v) is 9.14. The molecule has 1 saturated carbocycles. The molecule has 258 valence electrons. The average molecular weight is 658 g/mol. The Balaban J connectivity index is 0.000000220. The number of aromatic nitrogens is 2. The van der Waals surface area contributed by atoms with Crippen LogP contribution in [-0.4, -0.2) is 88.5 Å². The van der Waals surface area contributed by atoms with Crippen molar-refractivity contribution in [2.24, 2.45) is 13.0 Å². The summed E-state index contributed by atoms with van der Waals surface area (Å²) in [6, 6.07) is 19.2. The van der Waals surface area contributed by atoms with Gasteiger partial charge in [-0.2, -0.15) is 5.10 Å². The van der Waals surface area contributed by atoms with Gasteiger partial charge in [-0.25, -0.2) is 0 Å². The van der Waals surface area contributed by atoms with Crippen LogP contribution in [0, 0.1) is 12.8 Å². The van der Waals surface area contributed by atoms with Crippen LogP contribution in [0.25, 0.3) is 0 Å². The fourth-order valence-corrected chi connectivity index (χ4v) is 6.33. The first-order valence-electron chi connectivity index (χ1n) is 17.1. The Morgan fingerprint density at radius 3 is 2.27 bits per heavy atom. The minimum Gasteiger partial charge on any atom is -0.347 e. The molecule has 2 fully saturated rings. The molecule has 1 aliphatic heterocycles. The Hall–Kier alpha value is -4.51. The van der Waals surface area contributed by atoms with E-state index in [1.165, 1.54) is 16.7 Å². The highest BCUT2D eigenvalue weighted by Crippen LogP contribution is 2.27. The molecule has 48 heavy (non-hydrogen) atoms. The van der Waals surface area contributed by atoms with Crippen molar-refractivity contribution in [3.05, 3.63) is 83.7 Å². The summed E-state index contributed by atoms with van der Waals surface area (Å²) < 4.78 is 1.52. The molecule has 11 heteroatoms. The van der Waals surface area contributed by atoms with Gasteiger partial charge >= 0.3 is 0 Å². The molecular formula is C37H51N7O4. The highest BCUT2D eigenvalue weighted by molar-refractivity contribution is 6.00. The highest BCUT2D eigenvalue weighted by Gasteiger charge is 2.32. The Morgan fingerprint density at radius 1 is 0.917 bits per heavy atom. The maximum absolute atomic E-state index is 12.9. The van der Waals surface area contributed by atoms with Crippen LogP contribution in [0.15, 0.2) is 66.9 Å². The van der Waals surface area contributed by atoms with Gasteiger partial charge in [0.2, 0.25) is 17.7 Å². The van der Waals surface area contributed by atoms with Crippen molar-refractivity contribution in [2.75, 3.05) is 38.5 Å². The van der Waals surface area contributed by atoms with Crippen LogP contribution >= 0.6 is 0 Å². The van der Waals surface area contributed by atoms with Crippen molar-refractivity contribution >= 4 is 29.3 Å². The molecule has 1 aliphatic carbocycles. The van der Waals surface area contributed by atoms with Gasteiger partial charge in [0.05, 0.1) is 6.54 Å². The van der Waals surface area contributed by atoms with E-state index in [1.807, 2.05) is 54.3 Å². The average Bonchev–Trinajstić information content (AvgIpc) is 3.54. The van der Waals surface area contributed by atoms with Crippen LogP contribution in [0.5, 0.6) is 0 Å². The molecular weight excluding hydrogens is 606 g/mol. The molecule has 2 aliphatic rings. The van der Waals surface area contributed by atoms with Crippen molar-refractivity contribution < 1.29 is 19.2 Å². The lowest BCUT2D eigenvalue weighted by Gasteiger charge is -2.40. The first kappa shape index (κ1) is 36.3. The molecule has 1 aromatic heterocycles. The topological polar surface area (TPSA) is 129 Å². The van der Waals surface area contributed by atoms with Crippen molar-refractivity contribution in [3.8, 4) is 0 Å². The SMILES string of the molecule is CCC(=O)NCC(=O)N1CCN(C)C[C@H]1Cc1ccccc1.Cc1ccc(NC(=O)C(NC(=O)c2ccnn2C)C2CCCCC2)cc1. The third-order valence-electron chi connectivity index (χ3n) is 9.14. The summed E-state index contributed by atoms with van der Waals surface area (Å²) in [4.78, 5) is 53.5. The second-order valence-electron chi connectivity index (χ2n) is 12.9. The van der Waals surface area contributed by atoms with Crippen LogP contribution in [-0.2, 0) is 27.9 Å². The number of nitrogens with one attached hydrogen (secondary N) is 3. The number of likely N-dealkylation sites (N-methyl/N-ethyl adjacent to an activating group) is 1. The largest absolute Gasteiger partial charge is 0.347 e. The number of hydrogen-bond donors (Lipinski definition) is 3. The summed E-state index contributed by atoms with van der Waals surface area (Å²) >= 11 is 0. The van der Waals surface area contributed by atoms with E-state index in [1.54, 1.807) is 26.2 Å². The molecule has 1 saturated heterocycles. The van der Waals surface area contributed by atoms with Gasteiger partial charge in [-0.3, -0.25) is 23.9 Å². The molecule has 11 nitrogen and oxygen atoms in total. The van der Waals surface area contributed by atoms with E-state index in [9.17, 15) is 19.2 Å². The van der Waals surface area contributed by atoms with Gasteiger partial charge in [0.15, 0.2) is 0 Å². The predicted molar refractivity (Wildman–Crippen MR) is 187 cm³/mol. The molecule has 3 aromatic rings. The normalized spacial score (nSPS) is 17.4. The summed E-state index contributed by atoms with van der Waals surface area (Å²) in [6.45, 7) is 6.34. The van der Waals surface area contributed by atoms with Crippen LogP contribution < -0.4 is 16.0 Å². The van der Waals surface area contributed by atoms with Gasteiger partial charge in [-0.1, -0.05) is 74.2 Å². The van der Waals surface area contributed by atoms with E-state index >= 15 is 0 Å². The summed E-state index contributed by atoms with van der Waals surface area (Å²) in [6.07, 6.45) is 8.13. The van der Waals surface area contributed by atoms with E-state index in [-0.39, 0.29) is 42.1 Å². The third kappa shape index (κ3) is 10.8. The van der Waals surface area contributed by atoms with Crippen LogP contribution in [0.1, 0.15) is 67.1 Å². The molecule has 3 N–H and O–H groups in total. The number of carbonyl (C=O) groups is 4. The van der Waals surface area contributed by atoms with E-state index < -0.39 is 6.04 Å². The number of anilines is 1. The van der Waals surface area contributed by atoms with Gasteiger partial charge < -0.3 is 25.8 Å². The maximum atomic E-state index is 12.9. The number of carbonyl (C=O) groups excluding carboxylic acids is 4. The fraction of sp³-hybridized carbons (Fsp3) is 0.486. The number of nitrogens with zero attached hydrogens (tertiary/aromatic N) is 4. The zero-order valence-electron chi connectivity index (χ0n) is 28.8. The van der Waals surface area contributed by atoms with Crippen LogP contribution in [0.3, 0.4) is 0 Å². The minimum atomic E-state index is -0.543. The number of piperazine rings is 1. The Morgan fingerprint density at radius 2 is 1.62 bits per heavy atom.